The number of aromatic nitrogens is 3. The second kappa shape index (κ2) is 7.47. The first-order valence-corrected chi connectivity index (χ1v) is 11.6. The maximum absolute atomic E-state index is 12.6. The van der Waals surface area contributed by atoms with Crippen molar-refractivity contribution in [2.24, 2.45) is 7.05 Å². The summed E-state index contributed by atoms with van der Waals surface area (Å²) >= 11 is 0. The smallest absolute Gasteiger partial charge is 0.282 e. The molecule has 0 aliphatic carbocycles. The summed E-state index contributed by atoms with van der Waals surface area (Å²) in [5, 5.41) is 4.43. The van der Waals surface area contributed by atoms with E-state index in [0.717, 1.165) is 4.90 Å². The fraction of sp³-hybridized carbons (Fsp3) is 0.474. The SMILES string of the molecule is Cn1c(C2CCN(S(C)(=O)=O)CC2)nn(CCN2C(=O)c3ccccc3C2=O)c1=O. The first-order valence-electron chi connectivity index (χ1n) is 9.72. The van der Waals surface area contributed by atoms with Crippen molar-refractivity contribution in [1.29, 1.82) is 0 Å². The van der Waals surface area contributed by atoms with Crippen LogP contribution < -0.4 is 5.69 Å². The molecule has 0 spiro atoms. The van der Waals surface area contributed by atoms with Crippen molar-refractivity contribution in [3.05, 3.63) is 51.7 Å². The Morgan fingerprint density at radius 3 is 2.10 bits per heavy atom. The largest absolute Gasteiger partial charge is 0.345 e. The van der Waals surface area contributed by atoms with Gasteiger partial charge >= 0.3 is 5.69 Å². The summed E-state index contributed by atoms with van der Waals surface area (Å²) in [5.74, 6) is -0.169. The minimum absolute atomic E-state index is 0.0266. The number of imide groups is 1. The van der Waals surface area contributed by atoms with E-state index >= 15 is 0 Å². The van der Waals surface area contributed by atoms with E-state index < -0.39 is 10.0 Å². The van der Waals surface area contributed by atoms with Crippen LogP contribution in [0.25, 0.3) is 0 Å². The van der Waals surface area contributed by atoms with Gasteiger partial charge in [0.15, 0.2) is 0 Å². The average molecular weight is 433 g/mol. The zero-order valence-corrected chi connectivity index (χ0v) is 17.6. The van der Waals surface area contributed by atoms with E-state index in [1.807, 2.05) is 0 Å². The Kier molecular flexibility index (Phi) is 5.10. The molecule has 0 unspecified atom stereocenters. The highest BCUT2D eigenvalue weighted by Crippen LogP contribution is 2.27. The van der Waals surface area contributed by atoms with Crippen LogP contribution in [0, 0.1) is 0 Å². The molecule has 2 aliphatic rings. The molecule has 2 amide bonds. The zero-order chi connectivity index (χ0) is 21.6. The van der Waals surface area contributed by atoms with Gasteiger partial charge in [0, 0.05) is 32.6 Å². The number of amides is 2. The number of hydrogen-bond acceptors (Lipinski definition) is 6. The van der Waals surface area contributed by atoms with E-state index in [1.54, 1.807) is 31.3 Å². The van der Waals surface area contributed by atoms with Gasteiger partial charge in [-0.1, -0.05) is 12.1 Å². The van der Waals surface area contributed by atoms with Crippen LogP contribution in [0.2, 0.25) is 0 Å². The van der Waals surface area contributed by atoms with Gasteiger partial charge in [0.1, 0.15) is 5.82 Å². The van der Waals surface area contributed by atoms with Crippen LogP contribution in [0.5, 0.6) is 0 Å². The van der Waals surface area contributed by atoms with Crippen molar-refractivity contribution >= 4 is 21.8 Å². The Balaban J connectivity index is 1.47. The topological polar surface area (TPSA) is 115 Å². The van der Waals surface area contributed by atoms with E-state index in [2.05, 4.69) is 5.10 Å². The van der Waals surface area contributed by atoms with Crippen LogP contribution in [-0.2, 0) is 23.6 Å². The van der Waals surface area contributed by atoms with Crippen molar-refractivity contribution in [3.8, 4) is 0 Å². The summed E-state index contributed by atoms with van der Waals surface area (Å²) in [6.07, 6.45) is 2.35. The fourth-order valence-corrected chi connectivity index (χ4v) is 4.96. The third-order valence-corrected chi connectivity index (χ3v) is 7.08. The van der Waals surface area contributed by atoms with E-state index in [0.29, 0.717) is 42.9 Å². The molecular formula is C19H23N5O5S. The van der Waals surface area contributed by atoms with Crippen molar-refractivity contribution in [3.63, 3.8) is 0 Å². The number of piperidine rings is 1. The summed E-state index contributed by atoms with van der Waals surface area (Å²) in [5.41, 5.74) is 0.413. The van der Waals surface area contributed by atoms with E-state index in [4.69, 9.17) is 0 Å². The monoisotopic (exact) mass is 433 g/mol. The summed E-state index contributed by atoms with van der Waals surface area (Å²) in [6.45, 7) is 0.925. The number of carbonyl (C=O) groups is 2. The minimum atomic E-state index is -3.23. The van der Waals surface area contributed by atoms with Crippen molar-refractivity contribution in [2.75, 3.05) is 25.9 Å². The fourth-order valence-electron chi connectivity index (χ4n) is 4.09. The number of sulfonamides is 1. The van der Waals surface area contributed by atoms with Gasteiger partial charge in [-0.3, -0.25) is 19.1 Å². The molecule has 10 nitrogen and oxygen atoms in total. The highest BCUT2D eigenvalue weighted by molar-refractivity contribution is 7.88. The van der Waals surface area contributed by atoms with Crippen molar-refractivity contribution in [2.45, 2.75) is 25.3 Å². The van der Waals surface area contributed by atoms with Gasteiger partial charge in [0.25, 0.3) is 11.8 Å². The number of nitrogens with zero attached hydrogens (tertiary/aromatic N) is 5. The average Bonchev–Trinajstić information content (AvgIpc) is 3.14. The second-order valence-corrected chi connectivity index (χ2v) is 9.65. The maximum Gasteiger partial charge on any atom is 0.345 e. The number of rotatable bonds is 5. The molecule has 0 bridgehead atoms. The Morgan fingerprint density at radius 2 is 1.57 bits per heavy atom. The lowest BCUT2D eigenvalue weighted by atomic mass is 9.97. The molecule has 2 aromatic rings. The predicted molar refractivity (Wildman–Crippen MR) is 108 cm³/mol. The Morgan fingerprint density at radius 1 is 1.00 bits per heavy atom. The van der Waals surface area contributed by atoms with Gasteiger partial charge in [0.2, 0.25) is 10.0 Å². The number of carbonyl (C=O) groups excluding carboxylic acids is 2. The van der Waals surface area contributed by atoms with E-state index in [-0.39, 0.29) is 36.5 Å². The van der Waals surface area contributed by atoms with E-state index in [9.17, 15) is 22.8 Å². The number of benzene rings is 1. The summed E-state index contributed by atoms with van der Waals surface area (Å²) < 4.78 is 27.5. The zero-order valence-electron chi connectivity index (χ0n) is 16.8. The molecule has 0 atom stereocenters. The van der Waals surface area contributed by atoms with Gasteiger partial charge in [-0.25, -0.2) is 22.2 Å². The molecule has 0 N–H and O–H groups in total. The quantitative estimate of drug-likeness (QED) is 0.614. The lowest BCUT2D eigenvalue weighted by Gasteiger charge is -2.29. The van der Waals surface area contributed by atoms with Crippen LogP contribution in [-0.4, -0.2) is 69.7 Å². The first kappa shape index (κ1) is 20.5. The number of hydrogen-bond donors (Lipinski definition) is 0. The number of fused-ring (bicyclic) bond motifs is 1. The van der Waals surface area contributed by atoms with Crippen LogP contribution in [0.15, 0.2) is 29.1 Å². The van der Waals surface area contributed by atoms with Crippen LogP contribution in [0.1, 0.15) is 45.3 Å². The minimum Gasteiger partial charge on any atom is -0.282 e. The lowest BCUT2D eigenvalue weighted by molar-refractivity contribution is 0.0647. The second-order valence-electron chi connectivity index (χ2n) is 7.67. The van der Waals surface area contributed by atoms with Crippen molar-refractivity contribution < 1.29 is 18.0 Å². The van der Waals surface area contributed by atoms with Gasteiger partial charge in [-0.15, -0.1) is 0 Å². The van der Waals surface area contributed by atoms with Crippen LogP contribution in [0.4, 0.5) is 0 Å². The summed E-state index contributed by atoms with van der Waals surface area (Å²) in [4.78, 5) is 38.7. The highest BCUT2D eigenvalue weighted by Gasteiger charge is 2.35. The maximum atomic E-state index is 12.6. The van der Waals surface area contributed by atoms with Crippen LogP contribution >= 0.6 is 0 Å². The molecule has 1 saturated heterocycles. The standard InChI is InChI=1S/C19H23N5O5S/c1-21-16(13-7-9-22(10-8-13)30(2,28)29)20-24(19(21)27)12-11-23-17(25)14-5-3-4-6-15(14)18(23)26/h3-6,13H,7-12H2,1-2H3. The Labute approximate surface area is 173 Å². The van der Waals surface area contributed by atoms with Gasteiger partial charge in [0.05, 0.1) is 23.9 Å². The molecule has 0 radical (unpaired) electrons. The molecule has 3 heterocycles. The Hall–Kier alpha value is -2.79. The summed E-state index contributed by atoms with van der Waals surface area (Å²) in [6, 6.07) is 6.64. The predicted octanol–water partition coefficient (Wildman–Crippen LogP) is 0.0170. The van der Waals surface area contributed by atoms with E-state index in [1.165, 1.54) is 19.8 Å². The molecule has 4 rings (SSSR count). The molecule has 1 aromatic carbocycles. The normalized spacial score (nSPS) is 18.3. The lowest BCUT2D eigenvalue weighted by Crippen LogP contribution is -2.37. The molecule has 1 fully saturated rings. The molecule has 0 saturated carbocycles. The van der Waals surface area contributed by atoms with Crippen molar-refractivity contribution in [1.82, 2.24) is 23.6 Å². The molecule has 1 aromatic heterocycles. The highest BCUT2D eigenvalue weighted by atomic mass is 32.2. The first-order chi connectivity index (χ1) is 14.2. The van der Waals surface area contributed by atoms with Gasteiger partial charge in [-0.05, 0) is 25.0 Å². The van der Waals surface area contributed by atoms with Crippen LogP contribution in [0.3, 0.4) is 0 Å². The molecule has 2 aliphatic heterocycles. The third-order valence-electron chi connectivity index (χ3n) is 5.78. The molecular weight excluding hydrogens is 410 g/mol. The third kappa shape index (κ3) is 3.47. The molecule has 11 heteroatoms. The van der Waals surface area contributed by atoms with Gasteiger partial charge in [-0.2, -0.15) is 5.10 Å². The molecule has 160 valence electrons. The summed E-state index contributed by atoms with van der Waals surface area (Å²) in [7, 11) is -1.59. The van der Waals surface area contributed by atoms with Gasteiger partial charge < -0.3 is 0 Å². The molecule has 30 heavy (non-hydrogen) atoms. The Bertz CT molecular complexity index is 1140.